The second kappa shape index (κ2) is 7.25. The third kappa shape index (κ3) is 3.46. The van der Waals surface area contributed by atoms with Gasteiger partial charge < -0.3 is 9.88 Å². The van der Waals surface area contributed by atoms with Crippen LogP contribution in [-0.2, 0) is 17.8 Å². The van der Waals surface area contributed by atoms with Gasteiger partial charge in [0.2, 0.25) is 5.91 Å². The molecule has 1 aliphatic rings. The molecule has 1 fully saturated rings. The first-order valence-corrected chi connectivity index (χ1v) is 9.02. The fourth-order valence-electron chi connectivity index (χ4n) is 3.72. The van der Waals surface area contributed by atoms with Gasteiger partial charge in [-0.1, -0.05) is 6.07 Å². The van der Waals surface area contributed by atoms with E-state index >= 15 is 0 Å². The van der Waals surface area contributed by atoms with Crippen LogP contribution in [0.3, 0.4) is 0 Å². The predicted octanol–water partition coefficient (Wildman–Crippen LogP) is 2.23. The zero-order valence-electron chi connectivity index (χ0n) is 14.9. The minimum absolute atomic E-state index is 0.184. The topological polar surface area (TPSA) is 65.1 Å². The fraction of sp³-hybridized carbons (Fsp3) is 0.350. The summed E-state index contributed by atoms with van der Waals surface area (Å²) in [6, 6.07) is 8.19. The zero-order chi connectivity index (χ0) is 17.9. The molecule has 6 nitrogen and oxygen atoms in total. The van der Waals surface area contributed by atoms with Gasteiger partial charge in [0, 0.05) is 62.4 Å². The number of aromatic nitrogens is 3. The van der Waals surface area contributed by atoms with Crippen LogP contribution in [0.5, 0.6) is 0 Å². The van der Waals surface area contributed by atoms with Crippen molar-refractivity contribution in [3.63, 3.8) is 0 Å². The Balaban J connectivity index is 1.38. The SMILES string of the molecule is CC1CN(Cc2cccnc2)CCN1C(=O)Cc1c[nH]c2ncccc12. The molecule has 0 saturated carbocycles. The van der Waals surface area contributed by atoms with E-state index in [1.807, 2.05) is 35.5 Å². The first kappa shape index (κ1) is 16.7. The fourth-order valence-corrected chi connectivity index (χ4v) is 3.72. The van der Waals surface area contributed by atoms with E-state index in [2.05, 4.69) is 32.8 Å². The largest absolute Gasteiger partial charge is 0.346 e. The lowest BCUT2D eigenvalue weighted by Gasteiger charge is -2.40. The van der Waals surface area contributed by atoms with Gasteiger partial charge in [0.15, 0.2) is 0 Å². The van der Waals surface area contributed by atoms with Crippen LogP contribution in [0.25, 0.3) is 11.0 Å². The maximum Gasteiger partial charge on any atom is 0.227 e. The zero-order valence-corrected chi connectivity index (χ0v) is 14.9. The maximum atomic E-state index is 12.8. The molecule has 0 aromatic carbocycles. The highest BCUT2D eigenvalue weighted by atomic mass is 16.2. The summed E-state index contributed by atoms with van der Waals surface area (Å²) in [7, 11) is 0. The van der Waals surface area contributed by atoms with Crippen molar-refractivity contribution in [1.29, 1.82) is 0 Å². The standard InChI is InChI=1S/C20H23N5O/c1-15-13-24(14-16-4-2-6-21-11-16)8-9-25(15)19(26)10-17-12-23-20-18(17)5-3-7-22-20/h2-7,11-12,15H,8-10,13-14H2,1H3,(H,22,23). The van der Waals surface area contributed by atoms with Crippen LogP contribution in [0.4, 0.5) is 0 Å². The molecule has 4 heterocycles. The van der Waals surface area contributed by atoms with Crippen molar-refractivity contribution >= 4 is 16.9 Å². The third-order valence-electron chi connectivity index (χ3n) is 5.04. The molecule has 1 amide bonds. The van der Waals surface area contributed by atoms with Crippen molar-refractivity contribution < 1.29 is 4.79 Å². The Morgan fingerprint density at radius 1 is 1.27 bits per heavy atom. The number of hydrogen-bond acceptors (Lipinski definition) is 4. The number of fused-ring (bicyclic) bond motifs is 1. The number of rotatable bonds is 4. The monoisotopic (exact) mass is 349 g/mol. The van der Waals surface area contributed by atoms with Gasteiger partial charge in [0.25, 0.3) is 0 Å². The average molecular weight is 349 g/mol. The Hall–Kier alpha value is -2.73. The molecule has 6 heteroatoms. The van der Waals surface area contributed by atoms with Crippen LogP contribution >= 0.6 is 0 Å². The molecular formula is C20H23N5O. The summed E-state index contributed by atoms with van der Waals surface area (Å²) in [6.07, 6.45) is 7.78. The number of hydrogen-bond donors (Lipinski definition) is 1. The van der Waals surface area contributed by atoms with Gasteiger partial charge in [0.1, 0.15) is 5.65 Å². The number of pyridine rings is 2. The van der Waals surface area contributed by atoms with E-state index < -0.39 is 0 Å². The predicted molar refractivity (Wildman–Crippen MR) is 100 cm³/mol. The molecule has 3 aromatic heterocycles. The summed E-state index contributed by atoms with van der Waals surface area (Å²) in [4.78, 5) is 28.9. The van der Waals surface area contributed by atoms with Crippen LogP contribution in [0, 0.1) is 0 Å². The normalized spacial score (nSPS) is 18.3. The lowest BCUT2D eigenvalue weighted by Crippen LogP contribution is -2.54. The highest BCUT2D eigenvalue weighted by Gasteiger charge is 2.27. The summed E-state index contributed by atoms with van der Waals surface area (Å²) < 4.78 is 0. The summed E-state index contributed by atoms with van der Waals surface area (Å²) in [5.74, 6) is 0.184. The van der Waals surface area contributed by atoms with Crippen LogP contribution in [0.1, 0.15) is 18.1 Å². The van der Waals surface area contributed by atoms with Crippen LogP contribution in [0.2, 0.25) is 0 Å². The molecule has 1 aliphatic heterocycles. The molecule has 0 bridgehead atoms. The van der Waals surface area contributed by atoms with E-state index in [9.17, 15) is 4.79 Å². The van der Waals surface area contributed by atoms with Crippen LogP contribution in [0.15, 0.2) is 49.1 Å². The molecule has 1 unspecified atom stereocenters. The minimum Gasteiger partial charge on any atom is -0.346 e. The minimum atomic E-state index is 0.184. The van der Waals surface area contributed by atoms with E-state index in [1.54, 1.807) is 12.4 Å². The second-order valence-electron chi connectivity index (χ2n) is 6.92. The van der Waals surface area contributed by atoms with Crippen molar-refractivity contribution in [1.82, 2.24) is 24.8 Å². The average Bonchev–Trinajstić information content (AvgIpc) is 3.06. The molecule has 1 N–H and O–H groups in total. The summed E-state index contributed by atoms with van der Waals surface area (Å²) in [5, 5.41) is 1.03. The molecular weight excluding hydrogens is 326 g/mol. The van der Waals surface area contributed by atoms with E-state index in [-0.39, 0.29) is 11.9 Å². The third-order valence-corrected chi connectivity index (χ3v) is 5.04. The van der Waals surface area contributed by atoms with Gasteiger partial charge in [-0.15, -0.1) is 0 Å². The van der Waals surface area contributed by atoms with Crippen molar-refractivity contribution in [3.8, 4) is 0 Å². The van der Waals surface area contributed by atoms with Gasteiger partial charge in [-0.3, -0.25) is 14.7 Å². The quantitative estimate of drug-likeness (QED) is 0.784. The maximum absolute atomic E-state index is 12.8. The Morgan fingerprint density at radius 3 is 2.96 bits per heavy atom. The van der Waals surface area contributed by atoms with E-state index in [4.69, 9.17) is 0 Å². The number of carbonyl (C=O) groups excluding carboxylic acids is 1. The second-order valence-corrected chi connectivity index (χ2v) is 6.92. The number of H-pyrrole nitrogens is 1. The highest BCUT2D eigenvalue weighted by molar-refractivity contribution is 5.87. The van der Waals surface area contributed by atoms with E-state index in [1.165, 1.54) is 5.56 Å². The smallest absolute Gasteiger partial charge is 0.227 e. The van der Waals surface area contributed by atoms with Crippen LogP contribution < -0.4 is 0 Å². The molecule has 1 atom stereocenters. The highest BCUT2D eigenvalue weighted by Crippen LogP contribution is 2.19. The number of carbonyl (C=O) groups is 1. The number of aromatic amines is 1. The Labute approximate surface area is 152 Å². The van der Waals surface area contributed by atoms with Gasteiger partial charge in [0.05, 0.1) is 6.42 Å². The Morgan fingerprint density at radius 2 is 2.15 bits per heavy atom. The summed E-state index contributed by atoms with van der Waals surface area (Å²) >= 11 is 0. The number of piperazine rings is 1. The molecule has 134 valence electrons. The molecule has 1 saturated heterocycles. The lowest BCUT2D eigenvalue weighted by molar-refractivity contribution is -0.135. The number of amides is 1. The van der Waals surface area contributed by atoms with E-state index in [0.29, 0.717) is 6.42 Å². The van der Waals surface area contributed by atoms with Crippen molar-refractivity contribution in [2.24, 2.45) is 0 Å². The summed E-state index contributed by atoms with van der Waals surface area (Å²) in [6.45, 7) is 5.55. The number of nitrogens with zero attached hydrogens (tertiary/aromatic N) is 4. The van der Waals surface area contributed by atoms with Crippen molar-refractivity contribution in [3.05, 3.63) is 60.2 Å². The Bertz CT molecular complexity index is 891. The molecule has 3 aromatic rings. The van der Waals surface area contributed by atoms with Gasteiger partial charge >= 0.3 is 0 Å². The molecule has 26 heavy (non-hydrogen) atoms. The first-order chi connectivity index (χ1) is 12.7. The molecule has 4 rings (SSSR count). The lowest BCUT2D eigenvalue weighted by atomic mass is 10.1. The van der Waals surface area contributed by atoms with Gasteiger partial charge in [-0.05, 0) is 36.2 Å². The van der Waals surface area contributed by atoms with Crippen LogP contribution in [-0.4, -0.2) is 56.3 Å². The van der Waals surface area contributed by atoms with Gasteiger partial charge in [-0.2, -0.15) is 0 Å². The van der Waals surface area contributed by atoms with Gasteiger partial charge in [-0.25, -0.2) is 4.98 Å². The van der Waals surface area contributed by atoms with E-state index in [0.717, 1.165) is 42.8 Å². The van der Waals surface area contributed by atoms with Crippen molar-refractivity contribution in [2.45, 2.75) is 25.9 Å². The summed E-state index contributed by atoms with van der Waals surface area (Å²) in [5.41, 5.74) is 3.07. The molecule has 0 radical (unpaired) electrons. The number of nitrogens with one attached hydrogen (secondary N) is 1. The molecule has 0 spiro atoms. The molecule has 0 aliphatic carbocycles. The first-order valence-electron chi connectivity index (χ1n) is 9.02. The van der Waals surface area contributed by atoms with Crippen molar-refractivity contribution in [2.75, 3.05) is 19.6 Å². The Kier molecular flexibility index (Phi) is 4.67.